The normalized spacial score (nSPS) is 24.5. The molecule has 0 aromatic carbocycles. The van der Waals surface area contributed by atoms with E-state index in [1.165, 1.54) is 4.31 Å². The Hall–Kier alpha value is -1.23. The molecule has 0 saturated carbocycles. The smallest absolute Gasteiger partial charge is 0.261 e. The average molecular weight is 461 g/mol. The lowest BCUT2D eigenvalue weighted by atomic mass is 9.99. The van der Waals surface area contributed by atoms with Crippen LogP contribution in [0.15, 0.2) is 21.6 Å². The molecule has 0 spiro atoms. The van der Waals surface area contributed by atoms with E-state index in [4.69, 9.17) is 4.74 Å². The summed E-state index contributed by atoms with van der Waals surface area (Å²) < 4.78 is 34.0. The highest BCUT2D eigenvalue weighted by molar-refractivity contribution is 9.10. The maximum absolute atomic E-state index is 13.2. The molecule has 1 aromatic heterocycles. The SMILES string of the molecule is CCC1(C)CN(S(=O)(=O)c2nc(N3CC(C(=O)NC)C3)ccc2Br)CCO1. The van der Waals surface area contributed by atoms with E-state index < -0.39 is 15.6 Å². The number of halogens is 1. The van der Waals surface area contributed by atoms with E-state index in [-0.39, 0.29) is 16.9 Å². The molecule has 2 aliphatic heterocycles. The lowest BCUT2D eigenvalue weighted by molar-refractivity contribution is -0.125. The highest BCUT2D eigenvalue weighted by atomic mass is 79.9. The molecule has 2 fully saturated rings. The molecule has 8 nitrogen and oxygen atoms in total. The fraction of sp³-hybridized carbons (Fsp3) is 0.647. The predicted octanol–water partition coefficient (Wildman–Crippen LogP) is 1.22. The molecule has 150 valence electrons. The Balaban J connectivity index is 1.83. The summed E-state index contributed by atoms with van der Waals surface area (Å²) in [6.07, 6.45) is 0.725. The zero-order valence-corrected chi connectivity index (χ0v) is 18.1. The number of hydrogen-bond donors (Lipinski definition) is 1. The van der Waals surface area contributed by atoms with E-state index in [1.54, 1.807) is 19.2 Å². The summed E-state index contributed by atoms with van der Waals surface area (Å²) in [6, 6.07) is 3.46. The van der Waals surface area contributed by atoms with Gasteiger partial charge in [0, 0.05) is 33.2 Å². The maximum Gasteiger partial charge on any atom is 0.261 e. The van der Waals surface area contributed by atoms with Crippen molar-refractivity contribution in [2.45, 2.75) is 30.9 Å². The molecule has 0 radical (unpaired) electrons. The highest BCUT2D eigenvalue weighted by Crippen LogP contribution is 2.31. The zero-order chi connectivity index (χ0) is 19.8. The quantitative estimate of drug-likeness (QED) is 0.709. The van der Waals surface area contributed by atoms with Crippen molar-refractivity contribution >= 4 is 37.7 Å². The summed E-state index contributed by atoms with van der Waals surface area (Å²) >= 11 is 3.33. The standard InChI is InChI=1S/C17H25BrN4O4S/c1-4-17(2)11-22(7-8-26-17)27(24,25)16-13(18)5-6-14(20-16)21-9-12(10-21)15(23)19-3/h5-6,12H,4,7-11H2,1-3H3,(H,19,23). The van der Waals surface area contributed by atoms with Crippen LogP contribution in [0.3, 0.4) is 0 Å². The number of anilines is 1. The van der Waals surface area contributed by atoms with Crippen LogP contribution in [0.1, 0.15) is 20.3 Å². The molecule has 3 heterocycles. The Labute approximate surface area is 168 Å². The number of aromatic nitrogens is 1. The van der Waals surface area contributed by atoms with E-state index in [9.17, 15) is 13.2 Å². The minimum absolute atomic E-state index is 0.00347. The van der Waals surface area contributed by atoms with Crippen LogP contribution in [0.2, 0.25) is 0 Å². The third-order valence-corrected chi connectivity index (χ3v) is 7.95. The van der Waals surface area contributed by atoms with Gasteiger partial charge in [-0.15, -0.1) is 0 Å². The van der Waals surface area contributed by atoms with Crippen molar-refractivity contribution in [1.82, 2.24) is 14.6 Å². The van der Waals surface area contributed by atoms with E-state index >= 15 is 0 Å². The van der Waals surface area contributed by atoms with Gasteiger partial charge in [0.25, 0.3) is 10.0 Å². The van der Waals surface area contributed by atoms with Crippen molar-refractivity contribution in [2.75, 3.05) is 44.7 Å². The Kier molecular flexibility index (Phi) is 5.81. The fourth-order valence-corrected chi connectivity index (χ4v) is 5.60. The lowest BCUT2D eigenvalue weighted by Crippen LogP contribution is -2.53. The number of ether oxygens (including phenoxy) is 1. The van der Waals surface area contributed by atoms with Crippen LogP contribution < -0.4 is 10.2 Å². The lowest BCUT2D eigenvalue weighted by Gasteiger charge is -2.40. The number of carbonyl (C=O) groups is 1. The molecule has 2 saturated heterocycles. The van der Waals surface area contributed by atoms with E-state index in [0.29, 0.717) is 43.1 Å². The number of nitrogens with zero attached hydrogens (tertiary/aromatic N) is 3. The summed E-state index contributed by atoms with van der Waals surface area (Å²) in [5, 5.41) is 2.64. The average Bonchev–Trinajstić information content (AvgIpc) is 2.61. The van der Waals surface area contributed by atoms with Crippen molar-refractivity contribution in [3.63, 3.8) is 0 Å². The molecule has 0 bridgehead atoms. The Morgan fingerprint density at radius 3 is 2.78 bits per heavy atom. The largest absolute Gasteiger partial charge is 0.373 e. The first kappa shape index (κ1) is 20.5. The van der Waals surface area contributed by atoms with Gasteiger partial charge in [-0.3, -0.25) is 4.79 Å². The van der Waals surface area contributed by atoms with Crippen LogP contribution in [0.25, 0.3) is 0 Å². The van der Waals surface area contributed by atoms with E-state index in [2.05, 4.69) is 26.2 Å². The van der Waals surface area contributed by atoms with Gasteiger partial charge >= 0.3 is 0 Å². The number of carbonyl (C=O) groups excluding carboxylic acids is 1. The first-order chi connectivity index (χ1) is 12.7. The fourth-order valence-electron chi connectivity index (χ4n) is 3.24. The molecule has 1 atom stereocenters. The summed E-state index contributed by atoms with van der Waals surface area (Å²) in [7, 11) is -2.15. The first-order valence-corrected chi connectivity index (χ1v) is 11.2. The third-order valence-electron chi connectivity index (χ3n) is 5.26. The summed E-state index contributed by atoms with van der Waals surface area (Å²) in [5.41, 5.74) is -0.492. The minimum atomic E-state index is -3.76. The van der Waals surface area contributed by atoms with Crippen molar-refractivity contribution < 1.29 is 17.9 Å². The molecule has 1 amide bonds. The molecule has 1 unspecified atom stereocenters. The van der Waals surface area contributed by atoms with Gasteiger partial charge in [-0.2, -0.15) is 4.31 Å². The second kappa shape index (κ2) is 7.65. The predicted molar refractivity (Wildman–Crippen MR) is 105 cm³/mol. The van der Waals surface area contributed by atoms with Gasteiger partial charge in [-0.25, -0.2) is 13.4 Å². The van der Waals surface area contributed by atoms with E-state index in [1.807, 2.05) is 18.7 Å². The third kappa shape index (κ3) is 3.98. The van der Waals surface area contributed by atoms with Gasteiger partial charge in [-0.05, 0) is 41.4 Å². The van der Waals surface area contributed by atoms with Gasteiger partial charge in [0.2, 0.25) is 5.91 Å². The Bertz CT molecular complexity index is 828. The van der Waals surface area contributed by atoms with Gasteiger partial charge in [0.1, 0.15) is 5.82 Å². The molecule has 1 aromatic rings. The van der Waals surface area contributed by atoms with Crippen molar-refractivity contribution in [3.8, 4) is 0 Å². The highest BCUT2D eigenvalue weighted by Gasteiger charge is 2.39. The molecule has 1 N–H and O–H groups in total. The van der Waals surface area contributed by atoms with Crippen LogP contribution in [0.4, 0.5) is 5.82 Å². The van der Waals surface area contributed by atoms with Crippen molar-refractivity contribution in [1.29, 1.82) is 0 Å². The van der Waals surface area contributed by atoms with Gasteiger partial charge in [0.05, 0.1) is 22.6 Å². The van der Waals surface area contributed by atoms with Crippen molar-refractivity contribution in [3.05, 3.63) is 16.6 Å². The zero-order valence-electron chi connectivity index (χ0n) is 15.7. The van der Waals surface area contributed by atoms with Crippen LogP contribution in [0.5, 0.6) is 0 Å². The monoisotopic (exact) mass is 460 g/mol. The Morgan fingerprint density at radius 1 is 1.44 bits per heavy atom. The molecular weight excluding hydrogens is 436 g/mol. The maximum atomic E-state index is 13.2. The number of amides is 1. The number of morpholine rings is 1. The summed E-state index contributed by atoms with van der Waals surface area (Å²) in [4.78, 5) is 18.0. The number of hydrogen-bond acceptors (Lipinski definition) is 6. The number of nitrogens with one attached hydrogen (secondary N) is 1. The number of rotatable bonds is 5. The van der Waals surface area contributed by atoms with Crippen molar-refractivity contribution in [2.24, 2.45) is 5.92 Å². The molecule has 27 heavy (non-hydrogen) atoms. The molecule has 3 rings (SSSR count). The van der Waals surface area contributed by atoms with Gasteiger partial charge in [0.15, 0.2) is 5.03 Å². The number of pyridine rings is 1. The summed E-state index contributed by atoms with van der Waals surface area (Å²) in [5.74, 6) is 0.455. The summed E-state index contributed by atoms with van der Waals surface area (Å²) in [6.45, 7) is 5.93. The van der Waals surface area contributed by atoms with Crippen LogP contribution in [0, 0.1) is 5.92 Å². The number of sulfonamides is 1. The van der Waals surface area contributed by atoms with Crippen LogP contribution in [-0.2, 0) is 19.6 Å². The van der Waals surface area contributed by atoms with Gasteiger partial charge in [-0.1, -0.05) is 6.92 Å². The second-order valence-electron chi connectivity index (χ2n) is 7.16. The Morgan fingerprint density at radius 2 is 2.15 bits per heavy atom. The van der Waals surface area contributed by atoms with Crippen LogP contribution in [-0.4, -0.2) is 69.0 Å². The molecule has 0 aliphatic carbocycles. The van der Waals surface area contributed by atoms with Crippen LogP contribution >= 0.6 is 15.9 Å². The minimum Gasteiger partial charge on any atom is -0.373 e. The van der Waals surface area contributed by atoms with E-state index in [0.717, 1.165) is 6.42 Å². The molecular formula is C17H25BrN4O4S. The molecule has 2 aliphatic rings. The topological polar surface area (TPSA) is 91.8 Å². The molecule has 10 heteroatoms. The second-order valence-corrected chi connectivity index (χ2v) is 9.87. The van der Waals surface area contributed by atoms with Gasteiger partial charge < -0.3 is 15.0 Å². The first-order valence-electron chi connectivity index (χ1n) is 8.97.